The molecule has 2 aromatic rings. The highest BCUT2D eigenvalue weighted by molar-refractivity contribution is 7.98. The maximum absolute atomic E-state index is 11.9. The third-order valence-electron chi connectivity index (χ3n) is 2.93. The highest BCUT2D eigenvalue weighted by atomic mass is 32.2. The van der Waals surface area contributed by atoms with Crippen LogP contribution in [0.3, 0.4) is 0 Å². The van der Waals surface area contributed by atoms with Gasteiger partial charge in [0.2, 0.25) is 0 Å². The number of hydrogen-bond acceptors (Lipinski definition) is 4. The molecule has 1 aromatic carbocycles. The zero-order valence-electron chi connectivity index (χ0n) is 12.0. The molecule has 0 saturated carbocycles. The van der Waals surface area contributed by atoms with E-state index in [1.807, 2.05) is 18.4 Å². The van der Waals surface area contributed by atoms with E-state index in [4.69, 9.17) is 4.42 Å². The molecule has 6 heteroatoms. The third kappa shape index (κ3) is 3.66. The summed E-state index contributed by atoms with van der Waals surface area (Å²) in [4.78, 5) is 24.9. The molecule has 2 amide bonds. The van der Waals surface area contributed by atoms with Crippen LogP contribution < -0.4 is 10.9 Å². The van der Waals surface area contributed by atoms with Crippen LogP contribution in [0, 0.1) is 13.8 Å². The predicted octanol–water partition coefficient (Wildman–Crippen LogP) is 2.69. The summed E-state index contributed by atoms with van der Waals surface area (Å²) in [5.41, 5.74) is 5.65. The van der Waals surface area contributed by atoms with Crippen LogP contribution in [0.25, 0.3) is 0 Å². The van der Waals surface area contributed by atoms with Gasteiger partial charge in [-0.1, -0.05) is 0 Å². The lowest BCUT2D eigenvalue weighted by Crippen LogP contribution is -2.41. The average molecular weight is 304 g/mol. The van der Waals surface area contributed by atoms with Crippen LogP contribution >= 0.6 is 11.8 Å². The van der Waals surface area contributed by atoms with Crippen molar-refractivity contribution in [2.24, 2.45) is 0 Å². The maximum Gasteiger partial charge on any atom is 0.273 e. The second kappa shape index (κ2) is 6.49. The highest BCUT2D eigenvalue weighted by Gasteiger charge is 2.14. The van der Waals surface area contributed by atoms with Gasteiger partial charge in [-0.25, -0.2) is 0 Å². The van der Waals surface area contributed by atoms with E-state index in [1.165, 1.54) is 0 Å². The average Bonchev–Trinajstić information content (AvgIpc) is 2.83. The fourth-order valence-electron chi connectivity index (χ4n) is 1.85. The largest absolute Gasteiger partial charge is 0.466 e. The van der Waals surface area contributed by atoms with Crippen molar-refractivity contribution in [2.75, 3.05) is 6.26 Å². The molecule has 0 aliphatic rings. The number of furan rings is 1. The van der Waals surface area contributed by atoms with Crippen molar-refractivity contribution < 1.29 is 14.0 Å². The Kier molecular flexibility index (Phi) is 4.70. The fraction of sp³-hybridized carbons (Fsp3) is 0.200. The summed E-state index contributed by atoms with van der Waals surface area (Å²) in [7, 11) is 0. The zero-order valence-corrected chi connectivity index (χ0v) is 12.8. The van der Waals surface area contributed by atoms with Crippen molar-refractivity contribution in [1.29, 1.82) is 0 Å². The molecule has 2 rings (SSSR count). The number of aryl methyl sites for hydroxylation is 2. The molecule has 0 unspecified atom stereocenters. The van der Waals surface area contributed by atoms with Crippen molar-refractivity contribution in [1.82, 2.24) is 10.9 Å². The van der Waals surface area contributed by atoms with E-state index in [2.05, 4.69) is 10.9 Å². The number of rotatable bonds is 3. The lowest BCUT2D eigenvalue weighted by Gasteiger charge is -2.07. The van der Waals surface area contributed by atoms with Crippen molar-refractivity contribution in [3.63, 3.8) is 0 Å². The van der Waals surface area contributed by atoms with E-state index in [0.717, 1.165) is 4.90 Å². The molecule has 110 valence electrons. The van der Waals surface area contributed by atoms with Gasteiger partial charge in [0.1, 0.15) is 11.5 Å². The molecular weight excluding hydrogens is 288 g/mol. The molecule has 5 nitrogen and oxygen atoms in total. The third-order valence-corrected chi connectivity index (χ3v) is 3.67. The lowest BCUT2D eigenvalue weighted by molar-refractivity contribution is 0.0845. The van der Waals surface area contributed by atoms with Gasteiger partial charge in [0, 0.05) is 10.5 Å². The van der Waals surface area contributed by atoms with Crippen LogP contribution in [-0.4, -0.2) is 18.1 Å². The Morgan fingerprint density at radius 3 is 2.19 bits per heavy atom. The van der Waals surface area contributed by atoms with Crippen molar-refractivity contribution in [3.05, 3.63) is 53.0 Å². The number of hydrogen-bond donors (Lipinski definition) is 2. The van der Waals surface area contributed by atoms with Crippen LogP contribution in [0.1, 0.15) is 32.2 Å². The van der Waals surface area contributed by atoms with Gasteiger partial charge in [0.15, 0.2) is 0 Å². The minimum absolute atomic E-state index is 0.367. The van der Waals surface area contributed by atoms with E-state index in [9.17, 15) is 9.59 Å². The molecule has 1 heterocycles. The Labute approximate surface area is 127 Å². The van der Waals surface area contributed by atoms with Crippen LogP contribution in [0.2, 0.25) is 0 Å². The molecular formula is C15H16N2O3S. The first-order valence-corrected chi connectivity index (χ1v) is 7.55. The number of hydrazine groups is 1. The molecule has 2 N–H and O–H groups in total. The number of carbonyl (C=O) groups is 2. The standard InChI is InChI=1S/C15H16N2O3S/c1-9-8-13(10(2)20-9)15(19)17-16-14(18)11-4-6-12(21-3)7-5-11/h4-8H,1-3H3,(H,16,18)(H,17,19). The summed E-state index contributed by atoms with van der Waals surface area (Å²) < 4.78 is 5.28. The molecule has 0 aliphatic carbocycles. The molecule has 21 heavy (non-hydrogen) atoms. The van der Waals surface area contributed by atoms with E-state index in [0.29, 0.717) is 22.6 Å². The van der Waals surface area contributed by atoms with Gasteiger partial charge >= 0.3 is 0 Å². The Hall–Kier alpha value is -2.21. The molecule has 0 radical (unpaired) electrons. The van der Waals surface area contributed by atoms with Crippen LogP contribution in [-0.2, 0) is 0 Å². The molecule has 0 saturated heterocycles. The van der Waals surface area contributed by atoms with E-state index >= 15 is 0 Å². The van der Waals surface area contributed by atoms with E-state index in [-0.39, 0.29) is 5.91 Å². The molecule has 1 aromatic heterocycles. The molecule has 0 bridgehead atoms. The topological polar surface area (TPSA) is 71.3 Å². The van der Waals surface area contributed by atoms with Gasteiger partial charge in [-0.2, -0.15) is 0 Å². The Bertz CT molecular complexity index is 662. The van der Waals surface area contributed by atoms with Gasteiger partial charge in [0.25, 0.3) is 11.8 Å². The van der Waals surface area contributed by atoms with Gasteiger partial charge in [-0.15, -0.1) is 11.8 Å². The smallest absolute Gasteiger partial charge is 0.273 e. The first-order valence-electron chi connectivity index (χ1n) is 6.33. The van der Waals surface area contributed by atoms with E-state index in [1.54, 1.807) is 43.8 Å². The first kappa shape index (κ1) is 15.2. The number of carbonyl (C=O) groups excluding carboxylic acids is 2. The zero-order chi connectivity index (χ0) is 15.4. The second-order valence-corrected chi connectivity index (χ2v) is 5.34. The van der Waals surface area contributed by atoms with Crippen molar-refractivity contribution in [3.8, 4) is 0 Å². The predicted molar refractivity (Wildman–Crippen MR) is 81.3 cm³/mol. The minimum Gasteiger partial charge on any atom is -0.466 e. The highest BCUT2D eigenvalue weighted by Crippen LogP contribution is 2.15. The number of benzene rings is 1. The Morgan fingerprint density at radius 2 is 1.67 bits per heavy atom. The Balaban J connectivity index is 1.97. The fourth-order valence-corrected chi connectivity index (χ4v) is 2.26. The quantitative estimate of drug-likeness (QED) is 0.675. The van der Waals surface area contributed by atoms with Crippen LogP contribution in [0.5, 0.6) is 0 Å². The van der Waals surface area contributed by atoms with E-state index < -0.39 is 5.91 Å². The summed E-state index contributed by atoms with van der Waals surface area (Å²) >= 11 is 1.60. The lowest BCUT2D eigenvalue weighted by atomic mass is 10.2. The summed E-state index contributed by atoms with van der Waals surface area (Å²) in [5, 5.41) is 0. The van der Waals surface area contributed by atoms with Gasteiger partial charge in [0.05, 0.1) is 5.56 Å². The summed E-state index contributed by atoms with van der Waals surface area (Å²) in [5.74, 6) is 0.396. The summed E-state index contributed by atoms with van der Waals surface area (Å²) in [6.07, 6.45) is 1.96. The van der Waals surface area contributed by atoms with Crippen molar-refractivity contribution in [2.45, 2.75) is 18.7 Å². The Morgan fingerprint density at radius 1 is 1.05 bits per heavy atom. The van der Waals surface area contributed by atoms with Crippen LogP contribution in [0.4, 0.5) is 0 Å². The first-order chi connectivity index (χ1) is 10.0. The number of thioether (sulfide) groups is 1. The molecule has 0 atom stereocenters. The van der Waals surface area contributed by atoms with Crippen molar-refractivity contribution >= 4 is 23.6 Å². The normalized spacial score (nSPS) is 10.2. The molecule has 0 aliphatic heterocycles. The number of nitrogens with one attached hydrogen (secondary N) is 2. The SMILES string of the molecule is CSc1ccc(C(=O)NNC(=O)c2cc(C)oc2C)cc1. The monoisotopic (exact) mass is 304 g/mol. The van der Waals surface area contributed by atoms with Gasteiger partial charge in [-0.05, 0) is 50.4 Å². The van der Waals surface area contributed by atoms with Gasteiger partial charge in [-0.3, -0.25) is 20.4 Å². The maximum atomic E-state index is 11.9. The number of amides is 2. The summed E-state index contributed by atoms with van der Waals surface area (Å²) in [6.45, 7) is 3.46. The van der Waals surface area contributed by atoms with Crippen LogP contribution in [0.15, 0.2) is 39.6 Å². The molecule has 0 fully saturated rings. The minimum atomic E-state index is -0.404. The molecule has 0 spiro atoms. The van der Waals surface area contributed by atoms with Gasteiger partial charge < -0.3 is 4.42 Å². The summed E-state index contributed by atoms with van der Waals surface area (Å²) in [6, 6.07) is 8.75. The second-order valence-electron chi connectivity index (χ2n) is 4.46.